The summed E-state index contributed by atoms with van der Waals surface area (Å²) in [5, 5.41) is 5.10. The molecule has 112 valence electrons. The first kappa shape index (κ1) is 16.2. The van der Waals surface area contributed by atoms with Gasteiger partial charge in [0.2, 0.25) is 5.91 Å². The number of rotatable bonds is 5. The standard InChI is InChI=1S/C12H10Cl2N2O3S2/c13-9-2-1-8(7-10(9)14)21(18,19)6-3-11(17)16-12-15-4-5-20-12/h1-2,4-5,7H,3,6H2,(H,15,16,17). The van der Waals surface area contributed by atoms with Crippen molar-refractivity contribution in [1.29, 1.82) is 0 Å². The molecule has 1 aromatic heterocycles. The zero-order valence-corrected chi connectivity index (χ0v) is 13.7. The van der Waals surface area contributed by atoms with Crippen LogP contribution < -0.4 is 5.32 Å². The van der Waals surface area contributed by atoms with Crippen LogP contribution in [0.3, 0.4) is 0 Å². The highest BCUT2D eigenvalue weighted by Gasteiger charge is 2.18. The number of benzene rings is 1. The monoisotopic (exact) mass is 364 g/mol. The van der Waals surface area contributed by atoms with Crippen molar-refractivity contribution in [2.24, 2.45) is 0 Å². The molecule has 0 radical (unpaired) electrons. The van der Waals surface area contributed by atoms with E-state index in [2.05, 4.69) is 10.3 Å². The lowest BCUT2D eigenvalue weighted by atomic mass is 10.4. The van der Waals surface area contributed by atoms with Crippen molar-refractivity contribution in [3.8, 4) is 0 Å². The lowest BCUT2D eigenvalue weighted by Gasteiger charge is -2.06. The number of carbonyl (C=O) groups is 1. The highest BCUT2D eigenvalue weighted by atomic mass is 35.5. The lowest BCUT2D eigenvalue weighted by Crippen LogP contribution is -2.17. The lowest BCUT2D eigenvalue weighted by molar-refractivity contribution is -0.115. The molecular formula is C12H10Cl2N2O3S2. The van der Waals surface area contributed by atoms with Crippen molar-refractivity contribution in [2.45, 2.75) is 11.3 Å². The van der Waals surface area contributed by atoms with Crippen molar-refractivity contribution < 1.29 is 13.2 Å². The first-order valence-corrected chi connectivity index (χ1v) is 9.04. The largest absolute Gasteiger partial charge is 0.302 e. The minimum atomic E-state index is -3.59. The molecule has 5 nitrogen and oxygen atoms in total. The zero-order chi connectivity index (χ0) is 15.5. The Bertz CT molecular complexity index is 746. The van der Waals surface area contributed by atoms with Gasteiger partial charge < -0.3 is 5.32 Å². The number of nitrogens with zero attached hydrogens (tertiary/aromatic N) is 1. The third-order valence-electron chi connectivity index (χ3n) is 2.53. The van der Waals surface area contributed by atoms with Crippen LogP contribution in [0.15, 0.2) is 34.7 Å². The van der Waals surface area contributed by atoms with Crippen molar-refractivity contribution >= 4 is 55.4 Å². The van der Waals surface area contributed by atoms with E-state index in [0.717, 1.165) is 0 Å². The van der Waals surface area contributed by atoms with E-state index in [1.165, 1.54) is 29.5 Å². The molecule has 0 bridgehead atoms. The predicted octanol–water partition coefficient (Wildman–Crippen LogP) is 3.25. The van der Waals surface area contributed by atoms with Gasteiger partial charge in [-0.3, -0.25) is 4.79 Å². The van der Waals surface area contributed by atoms with Crippen LogP contribution in [-0.4, -0.2) is 25.1 Å². The Morgan fingerprint density at radius 2 is 2.05 bits per heavy atom. The van der Waals surface area contributed by atoms with Gasteiger partial charge in [-0.15, -0.1) is 11.3 Å². The van der Waals surface area contributed by atoms with E-state index in [-0.39, 0.29) is 27.1 Å². The van der Waals surface area contributed by atoms with Gasteiger partial charge in [0.05, 0.1) is 20.7 Å². The van der Waals surface area contributed by atoms with Gasteiger partial charge in [-0.1, -0.05) is 23.2 Å². The second-order valence-corrected chi connectivity index (χ2v) is 7.85. The molecule has 0 aliphatic heterocycles. The molecule has 2 rings (SSSR count). The van der Waals surface area contributed by atoms with E-state index in [1.54, 1.807) is 11.6 Å². The highest BCUT2D eigenvalue weighted by molar-refractivity contribution is 7.91. The van der Waals surface area contributed by atoms with Gasteiger partial charge >= 0.3 is 0 Å². The van der Waals surface area contributed by atoms with Gasteiger partial charge in [0.25, 0.3) is 0 Å². The number of amides is 1. The maximum atomic E-state index is 12.1. The van der Waals surface area contributed by atoms with E-state index >= 15 is 0 Å². The first-order chi connectivity index (χ1) is 9.88. The summed E-state index contributed by atoms with van der Waals surface area (Å²) >= 11 is 12.8. The SMILES string of the molecule is O=C(CCS(=O)(=O)c1ccc(Cl)c(Cl)c1)Nc1nccs1. The van der Waals surface area contributed by atoms with Crippen molar-refractivity contribution in [2.75, 3.05) is 11.1 Å². The summed E-state index contributed by atoms with van der Waals surface area (Å²) in [6, 6.07) is 4.05. The Labute approximate surface area is 135 Å². The van der Waals surface area contributed by atoms with Crippen LogP contribution in [-0.2, 0) is 14.6 Å². The molecule has 1 amide bonds. The normalized spacial score (nSPS) is 11.3. The Morgan fingerprint density at radius 1 is 1.29 bits per heavy atom. The van der Waals surface area contributed by atoms with Crippen LogP contribution in [0.25, 0.3) is 0 Å². The zero-order valence-electron chi connectivity index (χ0n) is 10.5. The molecular weight excluding hydrogens is 355 g/mol. The molecule has 9 heteroatoms. The number of nitrogens with one attached hydrogen (secondary N) is 1. The topological polar surface area (TPSA) is 76.1 Å². The Hall–Kier alpha value is -1.15. The summed E-state index contributed by atoms with van der Waals surface area (Å²) in [6.07, 6.45) is 1.38. The average Bonchev–Trinajstić information content (AvgIpc) is 2.92. The van der Waals surface area contributed by atoms with Gasteiger partial charge in [-0.2, -0.15) is 0 Å². The smallest absolute Gasteiger partial charge is 0.227 e. The number of anilines is 1. The summed E-state index contributed by atoms with van der Waals surface area (Å²) in [4.78, 5) is 15.6. The minimum absolute atomic E-state index is 0.0407. The summed E-state index contributed by atoms with van der Waals surface area (Å²) in [6.45, 7) is 0. The van der Waals surface area contributed by atoms with Crippen molar-refractivity contribution in [1.82, 2.24) is 4.98 Å². The number of aromatic nitrogens is 1. The molecule has 1 heterocycles. The maximum absolute atomic E-state index is 12.1. The van der Waals surface area contributed by atoms with Crippen LogP contribution in [0.5, 0.6) is 0 Å². The average molecular weight is 365 g/mol. The molecule has 0 fully saturated rings. The molecule has 0 saturated carbocycles. The van der Waals surface area contributed by atoms with Crippen LogP contribution in [0, 0.1) is 0 Å². The Kier molecular flexibility index (Phi) is 5.21. The fourth-order valence-corrected chi connectivity index (χ4v) is 3.65. The van der Waals surface area contributed by atoms with Crippen LogP contribution >= 0.6 is 34.5 Å². The minimum Gasteiger partial charge on any atom is -0.302 e. The summed E-state index contributed by atoms with van der Waals surface area (Å²) < 4.78 is 24.2. The molecule has 0 spiro atoms. The van der Waals surface area contributed by atoms with Gasteiger partial charge in [-0.25, -0.2) is 13.4 Å². The molecule has 1 aromatic carbocycles. The molecule has 0 saturated heterocycles. The van der Waals surface area contributed by atoms with E-state index in [4.69, 9.17) is 23.2 Å². The van der Waals surface area contributed by atoms with Crippen molar-refractivity contribution in [3.05, 3.63) is 39.8 Å². The molecule has 0 aliphatic rings. The van der Waals surface area contributed by atoms with Crippen LogP contribution in [0.1, 0.15) is 6.42 Å². The third kappa shape index (κ3) is 4.41. The second kappa shape index (κ2) is 6.74. The molecule has 2 aromatic rings. The second-order valence-electron chi connectivity index (χ2n) is 4.03. The molecule has 21 heavy (non-hydrogen) atoms. The molecule has 0 aliphatic carbocycles. The van der Waals surface area contributed by atoms with Crippen LogP contribution in [0.2, 0.25) is 10.0 Å². The maximum Gasteiger partial charge on any atom is 0.227 e. The highest BCUT2D eigenvalue weighted by Crippen LogP contribution is 2.25. The Balaban J connectivity index is 2.00. The summed E-state index contributed by atoms with van der Waals surface area (Å²) in [7, 11) is -3.59. The molecule has 1 N–H and O–H groups in total. The van der Waals surface area contributed by atoms with Gasteiger partial charge in [0, 0.05) is 18.0 Å². The quantitative estimate of drug-likeness (QED) is 0.883. The van der Waals surface area contributed by atoms with Gasteiger partial charge in [-0.05, 0) is 18.2 Å². The third-order valence-corrected chi connectivity index (χ3v) is 5.67. The van der Waals surface area contributed by atoms with E-state index in [9.17, 15) is 13.2 Å². The number of sulfone groups is 1. The fraction of sp³-hybridized carbons (Fsp3) is 0.167. The Morgan fingerprint density at radius 3 is 2.67 bits per heavy atom. The number of carbonyl (C=O) groups excluding carboxylic acids is 1. The predicted molar refractivity (Wildman–Crippen MR) is 83.9 cm³/mol. The van der Waals surface area contributed by atoms with Gasteiger partial charge in [0.15, 0.2) is 15.0 Å². The van der Waals surface area contributed by atoms with Crippen molar-refractivity contribution in [3.63, 3.8) is 0 Å². The van der Waals surface area contributed by atoms with Gasteiger partial charge in [0.1, 0.15) is 0 Å². The molecule has 0 unspecified atom stereocenters. The summed E-state index contributed by atoms with van der Waals surface area (Å²) in [5.74, 6) is -0.726. The van der Waals surface area contributed by atoms with Crippen LogP contribution in [0.4, 0.5) is 5.13 Å². The van der Waals surface area contributed by atoms with E-state index in [1.807, 2.05) is 0 Å². The number of hydrogen-bond acceptors (Lipinski definition) is 5. The summed E-state index contributed by atoms with van der Waals surface area (Å²) in [5.41, 5.74) is 0. The van der Waals surface area contributed by atoms with E-state index < -0.39 is 15.7 Å². The fourth-order valence-electron chi connectivity index (χ4n) is 1.48. The number of halogens is 2. The first-order valence-electron chi connectivity index (χ1n) is 5.75. The molecule has 0 atom stereocenters. The van der Waals surface area contributed by atoms with E-state index in [0.29, 0.717) is 5.13 Å². The number of thiazole rings is 1. The number of hydrogen-bond donors (Lipinski definition) is 1.